The van der Waals surface area contributed by atoms with Gasteiger partial charge in [0.1, 0.15) is 0 Å². The maximum Gasteiger partial charge on any atom is 0.257 e. The Morgan fingerprint density at radius 2 is 1.73 bits per heavy atom. The maximum absolute atomic E-state index is 11.6. The lowest BCUT2D eigenvalue weighted by Gasteiger charge is -2.21. The molecule has 0 aromatic rings. The number of methoxy groups -OCH3 is 2. The third-order valence-electron chi connectivity index (χ3n) is 1.47. The zero-order valence-corrected chi connectivity index (χ0v) is 8.26. The Hall–Kier alpha value is 0.110. The highest BCUT2D eigenvalue weighted by Crippen LogP contribution is 2.51. The molecule has 0 N–H and O–H groups in total. The molecule has 0 bridgehead atoms. The van der Waals surface area contributed by atoms with E-state index < -0.39 is 13.4 Å². The van der Waals surface area contributed by atoms with E-state index in [1.807, 2.05) is 0 Å². The van der Waals surface area contributed by atoms with Crippen LogP contribution in [-0.2, 0) is 18.6 Å². The average Bonchev–Trinajstić information content (AvgIpc) is 2.06. The van der Waals surface area contributed by atoms with Crippen LogP contribution in [0.2, 0.25) is 0 Å². The van der Waals surface area contributed by atoms with Gasteiger partial charge in [0, 0.05) is 27.5 Å². The lowest BCUT2D eigenvalue weighted by atomic mass is 11.0. The lowest BCUT2D eigenvalue weighted by molar-refractivity contribution is -0.0506. The van der Waals surface area contributed by atoms with Crippen LogP contribution in [0.3, 0.4) is 0 Å². The average molecular weight is 182 g/mol. The normalized spacial score (nSPS) is 16.8. The summed E-state index contributed by atoms with van der Waals surface area (Å²) in [5, 5.41) is 0. The Balaban J connectivity index is 4.32. The summed E-state index contributed by atoms with van der Waals surface area (Å²) >= 11 is 0. The molecule has 4 nitrogen and oxygen atoms in total. The first-order chi connectivity index (χ1) is 5.14. The molecule has 0 radical (unpaired) electrons. The van der Waals surface area contributed by atoms with E-state index in [2.05, 4.69) is 0 Å². The molecular weight excluding hydrogens is 167 g/mol. The van der Waals surface area contributed by atoms with E-state index in [0.717, 1.165) is 0 Å². The van der Waals surface area contributed by atoms with Crippen LogP contribution in [0, 0.1) is 0 Å². The van der Waals surface area contributed by atoms with Crippen molar-refractivity contribution < 1.29 is 18.6 Å². The minimum Gasteiger partial charge on any atom is -0.348 e. The van der Waals surface area contributed by atoms with E-state index in [1.165, 1.54) is 21.3 Å². The zero-order chi connectivity index (χ0) is 8.91. The second-order valence-electron chi connectivity index (χ2n) is 2.00. The van der Waals surface area contributed by atoms with Gasteiger partial charge in [0.15, 0.2) is 0 Å². The van der Waals surface area contributed by atoms with Gasteiger partial charge in [-0.25, -0.2) is 0 Å². The number of hydrogen-bond donors (Lipinski definition) is 0. The minimum absolute atomic E-state index is 0.413. The monoisotopic (exact) mass is 182 g/mol. The Morgan fingerprint density at radius 3 is 1.82 bits per heavy atom. The topological polar surface area (TPSA) is 44.8 Å². The third kappa shape index (κ3) is 2.56. The van der Waals surface area contributed by atoms with Crippen LogP contribution in [0.1, 0.15) is 6.92 Å². The summed E-state index contributed by atoms with van der Waals surface area (Å²) in [5.74, 6) is 0. The number of rotatable bonds is 5. The van der Waals surface area contributed by atoms with Crippen LogP contribution < -0.4 is 0 Å². The molecule has 68 valence electrons. The fourth-order valence-corrected chi connectivity index (χ4v) is 2.15. The van der Waals surface area contributed by atoms with Crippen molar-refractivity contribution in [3.05, 3.63) is 0 Å². The first-order valence-electron chi connectivity index (χ1n) is 3.34. The van der Waals surface area contributed by atoms with Crippen LogP contribution in [-0.4, -0.2) is 33.5 Å². The van der Waals surface area contributed by atoms with Crippen molar-refractivity contribution in [1.82, 2.24) is 0 Å². The smallest absolute Gasteiger partial charge is 0.257 e. The van der Waals surface area contributed by atoms with Gasteiger partial charge in [-0.15, -0.1) is 0 Å². The predicted molar refractivity (Wildman–Crippen MR) is 43.0 cm³/mol. The molecule has 0 saturated heterocycles. The van der Waals surface area contributed by atoms with Crippen molar-refractivity contribution in [3.63, 3.8) is 0 Å². The fraction of sp³-hybridized carbons (Fsp3) is 1.00. The molecule has 0 rings (SSSR count). The highest BCUT2D eigenvalue weighted by atomic mass is 31.2. The number of hydrogen-bond acceptors (Lipinski definition) is 4. The third-order valence-corrected chi connectivity index (χ3v) is 4.04. The molecule has 1 unspecified atom stereocenters. The first kappa shape index (κ1) is 11.1. The van der Waals surface area contributed by atoms with Crippen LogP contribution in [0.5, 0.6) is 0 Å². The molecule has 0 amide bonds. The van der Waals surface area contributed by atoms with E-state index in [1.54, 1.807) is 6.92 Å². The van der Waals surface area contributed by atoms with Gasteiger partial charge >= 0.3 is 0 Å². The highest BCUT2D eigenvalue weighted by molar-refractivity contribution is 7.59. The van der Waals surface area contributed by atoms with E-state index >= 15 is 0 Å². The van der Waals surface area contributed by atoms with Gasteiger partial charge in [0.05, 0.1) is 0 Å². The SMILES string of the molecule is CCP(=O)(OC)C(OC)OC. The largest absolute Gasteiger partial charge is 0.348 e. The summed E-state index contributed by atoms with van der Waals surface area (Å²) < 4.78 is 26.1. The van der Waals surface area contributed by atoms with E-state index in [-0.39, 0.29) is 0 Å². The molecule has 0 aromatic heterocycles. The van der Waals surface area contributed by atoms with Gasteiger partial charge in [0.25, 0.3) is 7.37 Å². The van der Waals surface area contributed by atoms with Crippen molar-refractivity contribution >= 4 is 7.37 Å². The molecular formula is C6H15O4P. The van der Waals surface area contributed by atoms with Gasteiger partial charge in [-0.1, -0.05) is 6.92 Å². The van der Waals surface area contributed by atoms with E-state index in [4.69, 9.17) is 14.0 Å². The van der Waals surface area contributed by atoms with E-state index in [0.29, 0.717) is 6.16 Å². The lowest BCUT2D eigenvalue weighted by Crippen LogP contribution is -2.15. The van der Waals surface area contributed by atoms with Crippen LogP contribution in [0.15, 0.2) is 0 Å². The zero-order valence-electron chi connectivity index (χ0n) is 7.36. The van der Waals surface area contributed by atoms with Crippen molar-refractivity contribution in [2.24, 2.45) is 0 Å². The summed E-state index contributed by atoms with van der Waals surface area (Å²) in [6.45, 7) is 1.77. The standard InChI is InChI=1S/C6H15O4P/c1-5-11(7,10-4)6(8-2)9-3/h6H,5H2,1-4H3. The summed E-state index contributed by atoms with van der Waals surface area (Å²) in [6, 6.07) is -0.738. The fourth-order valence-electron chi connectivity index (χ4n) is 0.782. The molecule has 1 atom stereocenters. The molecule has 0 aromatic carbocycles. The van der Waals surface area contributed by atoms with Crippen molar-refractivity contribution in [2.45, 2.75) is 13.0 Å². The Labute approximate surface area is 67.3 Å². The van der Waals surface area contributed by atoms with Gasteiger partial charge in [-0.3, -0.25) is 4.57 Å². The van der Waals surface area contributed by atoms with Crippen molar-refractivity contribution in [1.29, 1.82) is 0 Å². The molecule has 0 aliphatic carbocycles. The van der Waals surface area contributed by atoms with E-state index in [9.17, 15) is 4.57 Å². The maximum atomic E-state index is 11.6. The summed E-state index contributed by atoms with van der Waals surface area (Å²) in [6.07, 6.45) is 0.413. The predicted octanol–water partition coefficient (Wildman–Crippen LogP) is 1.51. The molecule has 0 aliphatic rings. The quantitative estimate of drug-likeness (QED) is 0.477. The Bertz CT molecular complexity index is 136. The van der Waals surface area contributed by atoms with Gasteiger partial charge in [-0.2, -0.15) is 0 Å². The molecule has 5 heteroatoms. The molecule has 0 fully saturated rings. The second kappa shape index (κ2) is 4.88. The highest BCUT2D eigenvalue weighted by Gasteiger charge is 2.31. The summed E-state index contributed by atoms with van der Waals surface area (Å²) in [7, 11) is 1.54. The van der Waals surface area contributed by atoms with Crippen LogP contribution >= 0.6 is 7.37 Å². The van der Waals surface area contributed by atoms with Crippen molar-refractivity contribution in [2.75, 3.05) is 27.5 Å². The Kier molecular flexibility index (Phi) is 4.93. The Morgan fingerprint density at radius 1 is 1.27 bits per heavy atom. The molecule has 0 saturated carbocycles. The van der Waals surface area contributed by atoms with Gasteiger partial charge in [0.2, 0.25) is 6.03 Å². The summed E-state index contributed by atoms with van der Waals surface area (Å²) in [4.78, 5) is 0. The molecule has 0 aliphatic heterocycles. The number of ether oxygens (including phenoxy) is 2. The van der Waals surface area contributed by atoms with Gasteiger partial charge < -0.3 is 14.0 Å². The molecule has 11 heavy (non-hydrogen) atoms. The first-order valence-corrected chi connectivity index (χ1v) is 5.22. The minimum atomic E-state index is -2.74. The molecule has 0 spiro atoms. The van der Waals surface area contributed by atoms with Gasteiger partial charge in [-0.05, 0) is 0 Å². The second-order valence-corrected chi connectivity index (χ2v) is 4.87. The van der Waals surface area contributed by atoms with Crippen molar-refractivity contribution in [3.8, 4) is 0 Å². The van der Waals surface area contributed by atoms with Crippen LogP contribution in [0.25, 0.3) is 0 Å². The van der Waals surface area contributed by atoms with Crippen LogP contribution in [0.4, 0.5) is 0 Å². The summed E-state index contributed by atoms with van der Waals surface area (Å²) in [5.41, 5.74) is 0. The molecule has 0 heterocycles.